The van der Waals surface area contributed by atoms with Crippen molar-refractivity contribution in [1.82, 2.24) is 0 Å². The molecule has 16 heavy (non-hydrogen) atoms. The van der Waals surface area contributed by atoms with E-state index in [9.17, 15) is 4.39 Å². The monoisotopic (exact) mass is 336 g/mol. The summed E-state index contributed by atoms with van der Waals surface area (Å²) in [7, 11) is 1.94. The van der Waals surface area contributed by atoms with Gasteiger partial charge in [-0.3, -0.25) is 0 Å². The molecule has 0 spiro atoms. The molecule has 1 aromatic rings. The van der Waals surface area contributed by atoms with Crippen molar-refractivity contribution in [1.29, 1.82) is 0 Å². The molecule has 0 aromatic heterocycles. The summed E-state index contributed by atoms with van der Waals surface area (Å²) in [6.07, 6.45) is 1.07. The summed E-state index contributed by atoms with van der Waals surface area (Å²) in [6, 6.07) is 3.19. The van der Waals surface area contributed by atoms with E-state index in [0.717, 1.165) is 18.7 Å². The molecule has 0 saturated carbocycles. The maximum Gasteiger partial charge on any atom is 0.138 e. The maximum atomic E-state index is 13.4. The molecule has 2 nitrogen and oxygen atoms in total. The molecule has 1 aromatic carbocycles. The van der Waals surface area contributed by atoms with Crippen LogP contribution < -0.4 is 10.6 Å². The summed E-state index contributed by atoms with van der Waals surface area (Å²) < 4.78 is 14.0. The Bertz CT molecular complexity index is 366. The van der Waals surface area contributed by atoms with Gasteiger partial charge < -0.3 is 10.6 Å². The van der Waals surface area contributed by atoms with Gasteiger partial charge in [0.25, 0.3) is 0 Å². The largest absolute Gasteiger partial charge is 0.397 e. The minimum atomic E-state index is -0.207. The molecule has 0 fully saturated rings. The number of hydrogen-bond acceptors (Lipinski definition) is 2. The van der Waals surface area contributed by atoms with Crippen LogP contribution in [0.15, 0.2) is 12.1 Å². The lowest BCUT2D eigenvalue weighted by Crippen LogP contribution is -2.21. The van der Waals surface area contributed by atoms with E-state index in [1.807, 2.05) is 34.5 Å². The summed E-state index contributed by atoms with van der Waals surface area (Å²) in [5, 5.41) is 0. The maximum absolute atomic E-state index is 13.4. The average Bonchev–Trinajstić information content (AvgIpc) is 2.20. The molecule has 0 saturated heterocycles. The molecule has 0 aliphatic rings. The first-order valence-corrected chi connectivity index (χ1v) is 6.45. The first-order chi connectivity index (χ1) is 7.41. The fourth-order valence-corrected chi connectivity index (χ4v) is 1.95. The number of rotatable bonds is 4. The fourth-order valence-electron chi connectivity index (χ4n) is 1.45. The molecule has 0 radical (unpaired) electrons. The van der Waals surface area contributed by atoms with Crippen LogP contribution in [0.5, 0.6) is 0 Å². The lowest BCUT2D eigenvalue weighted by atomic mass is 10.1. The van der Waals surface area contributed by atoms with E-state index in [-0.39, 0.29) is 5.82 Å². The van der Waals surface area contributed by atoms with Gasteiger partial charge in [-0.25, -0.2) is 4.39 Å². The number of anilines is 2. The van der Waals surface area contributed by atoms with Gasteiger partial charge >= 0.3 is 0 Å². The summed E-state index contributed by atoms with van der Waals surface area (Å²) in [5.41, 5.74) is 7.30. The van der Waals surface area contributed by atoms with Crippen LogP contribution in [0.2, 0.25) is 0 Å². The number of halogens is 2. The summed E-state index contributed by atoms with van der Waals surface area (Å²) >= 11 is 1.95. The van der Waals surface area contributed by atoms with Gasteiger partial charge in [0, 0.05) is 19.7 Å². The fraction of sp³-hybridized carbons (Fsp3) is 0.500. The highest BCUT2D eigenvalue weighted by atomic mass is 127. The van der Waals surface area contributed by atoms with E-state index in [1.165, 1.54) is 6.07 Å². The predicted octanol–water partition coefficient (Wildman–Crippen LogP) is 3.49. The first-order valence-electron chi connectivity index (χ1n) is 5.37. The molecule has 0 aliphatic heterocycles. The zero-order chi connectivity index (χ0) is 12.3. The van der Waals surface area contributed by atoms with Gasteiger partial charge in [-0.2, -0.15) is 0 Å². The van der Waals surface area contributed by atoms with Crippen molar-refractivity contribution in [2.75, 3.05) is 24.2 Å². The Morgan fingerprint density at radius 1 is 1.44 bits per heavy atom. The van der Waals surface area contributed by atoms with Crippen LogP contribution >= 0.6 is 22.6 Å². The first kappa shape index (κ1) is 13.5. The average molecular weight is 336 g/mol. The molecule has 0 aliphatic carbocycles. The molecule has 90 valence electrons. The Morgan fingerprint density at radius 3 is 2.62 bits per heavy atom. The van der Waals surface area contributed by atoms with Crippen molar-refractivity contribution in [2.24, 2.45) is 5.92 Å². The molecule has 0 heterocycles. The minimum Gasteiger partial charge on any atom is -0.397 e. The number of benzene rings is 1. The van der Waals surface area contributed by atoms with E-state index in [0.29, 0.717) is 15.2 Å². The van der Waals surface area contributed by atoms with Gasteiger partial charge in [0.2, 0.25) is 0 Å². The summed E-state index contributed by atoms with van der Waals surface area (Å²) in [6.45, 7) is 5.24. The standard InChI is InChI=1S/C12H18FIN2/c1-8(2)4-5-16(3)12-6-9(13)10(14)7-11(12)15/h6-8H,4-5,15H2,1-3H3. The number of nitrogens with two attached hydrogens (primary N) is 1. The molecular weight excluding hydrogens is 318 g/mol. The SMILES string of the molecule is CC(C)CCN(C)c1cc(F)c(I)cc1N. The normalized spacial score (nSPS) is 10.9. The van der Waals surface area contributed by atoms with Crippen molar-refractivity contribution in [3.05, 3.63) is 21.5 Å². The minimum absolute atomic E-state index is 0.207. The third kappa shape index (κ3) is 3.50. The summed E-state index contributed by atoms with van der Waals surface area (Å²) in [5.74, 6) is 0.429. The zero-order valence-corrected chi connectivity index (χ0v) is 12.1. The Morgan fingerprint density at radius 2 is 2.06 bits per heavy atom. The van der Waals surface area contributed by atoms with Crippen LogP contribution in [0.3, 0.4) is 0 Å². The number of nitrogens with zero attached hydrogens (tertiary/aromatic N) is 1. The smallest absolute Gasteiger partial charge is 0.138 e. The van der Waals surface area contributed by atoms with E-state index in [4.69, 9.17) is 5.73 Å². The number of hydrogen-bond donors (Lipinski definition) is 1. The molecule has 0 atom stereocenters. The van der Waals surface area contributed by atoms with Crippen LogP contribution in [0, 0.1) is 15.3 Å². The van der Waals surface area contributed by atoms with E-state index < -0.39 is 0 Å². The van der Waals surface area contributed by atoms with Crippen molar-refractivity contribution in [3.63, 3.8) is 0 Å². The van der Waals surface area contributed by atoms with Gasteiger partial charge in [-0.15, -0.1) is 0 Å². The molecule has 2 N–H and O–H groups in total. The second-order valence-corrected chi connectivity index (χ2v) is 5.59. The van der Waals surface area contributed by atoms with E-state index in [2.05, 4.69) is 13.8 Å². The third-order valence-electron chi connectivity index (χ3n) is 2.52. The summed E-state index contributed by atoms with van der Waals surface area (Å²) in [4.78, 5) is 2.01. The van der Waals surface area contributed by atoms with Crippen LogP contribution in [0.4, 0.5) is 15.8 Å². The molecule has 0 amide bonds. The Labute approximate surface area is 110 Å². The third-order valence-corrected chi connectivity index (χ3v) is 3.35. The predicted molar refractivity (Wildman–Crippen MR) is 76.3 cm³/mol. The second-order valence-electron chi connectivity index (χ2n) is 4.43. The van der Waals surface area contributed by atoms with E-state index >= 15 is 0 Å². The molecular formula is C12H18FIN2. The van der Waals surface area contributed by atoms with Crippen molar-refractivity contribution < 1.29 is 4.39 Å². The van der Waals surface area contributed by atoms with Gasteiger partial charge in [0.1, 0.15) is 5.82 Å². The van der Waals surface area contributed by atoms with Gasteiger partial charge in [-0.05, 0) is 41.0 Å². The highest BCUT2D eigenvalue weighted by Gasteiger charge is 2.10. The van der Waals surface area contributed by atoms with Crippen molar-refractivity contribution in [2.45, 2.75) is 20.3 Å². The van der Waals surface area contributed by atoms with E-state index in [1.54, 1.807) is 6.07 Å². The Hall–Kier alpha value is -0.520. The highest BCUT2D eigenvalue weighted by molar-refractivity contribution is 14.1. The second kappa shape index (κ2) is 5.70. The number of nitrogen functional groups attached to an aromatic ring is 1. The quantitative estimate of drug-likeness (QED) is 0.674. The van der Waals surface area contributed by atoms with Crippen molar-refractivity contribution >= 4 is 34.0 Å². The van der Waals surface area contributed by atoms with Crippen LogP contribution in [0.25, 0.3) is 0 Å². The van der Waals surface area contributed by atoms with Crippen LogP contribution in [-0.4, -0.2) is 13.6 Å². The topological polar surface area (TPSA) is 29.3 Å². The Kier molecular flexibility index (Phi) is 4.83. The van der Waals surface area contributed by atoms with Gasteiger partial charge in [-0.1, -0.05) is 13.8 Å². The molecule has 0 unspecified atom stereocenters. The molecule has 1 rings (SSSR count). The highest BCUT2D eigenvalue weighted by Crippen LogP contribution is 2.27. The molecule has 4 heteroatoms. The zero-order valence-electron chi connectivity index (χ0n) is 9.93. The Balaban J connectivity index is 2.82. The van der Waals surface area contributed by atoms with Crippen LogP contribution in [-0.2, 0) is 0 Å². The van der Waals surface area contributed by atoms with Gasteiger partial charge in [0.05, 0.1) is 14.9 Å². The lowest BCUT2D eigenvalue weighted by Gasteiger charge is -2.22. The molecule has 0 bridgehead atoms. The van der Waals surface area contributed by atoms with Crippen LogP contribution in [0.1, 0.15) is 20.3 Å². The lowest BCUT2D eigenvalue weighted by molar-refractivity contribution is 0.583. The van der Waals surface area contributed by atoms with Crippen molar-refractivity contribution in [3.8, 4) is 0 Å². The van der Waals surface area contributed by atoms with Gasteiger partial charge in [0.15, 0.2) is 0 Å².